The first-order valence-electron chi connectivity index (χ1n) is 9.76. The number of anilines is 4. The van der Waals surface area contributed by atoms with Gasteiger partial charge in [-0.1, -0.05) is 4.73 Å². The van der Waals surface area contributed by atoms with Crippen molar-refractivity contribution >= 4 is 40.7 Å². The summed E-state index contributed by atoms with van der Waals surface area (Å²) in [5, 5.41) is 5.75. The van der Waals surface area contributed by atoms with E-state index in [1.165, 1.54) is 24.4 Å². The maximum Gasteiger partial charge on any atom is 0.453 e. The maximum atomic E-state index is 13.3. The molecular formula is C21H15F4N5O5. The van der Waals surface area contributed by atoms with Crippen LogP contribution in [-0.4, -0.2) is 27.8 Å². The maximum absolute atomic E-state index is 13.3. The number of fused-ring (bicyclic) bond motifs is 1. The van der Waals surface area contributed by atoms with Gasteiger partial charge in [0.1, 0.15) is 17.1 Å². The molecule has 0 saturated carbocycles. The van der Waals surface area contributed by atoms with E-state index >= 15 is 0 Å². The van der Waals surface area contributed by atoms with Crippen LogP contribution in [0.1, 0.15) is 17.6 Å². The minimum atomic E-state index is -3.25. The number of nitrogens with one attached hydrogen (secondary N) is 2. The number of ether oxygens (including phenoxy) is 1. The molecule has 0 spiro atoms. The lowest BCUT2D eigenvalue weighted by Gasteiger charge is -2.14. The largest absolute Gasteiger partial charge is 0.453 e. The van der Waals surface area contributed by atoms with Crippen molar-refractivity contribution < 1.29 is 36.3 Å². The first kappa shape index (κ1) is 23.5. The third-order valence-corrected chi connectivity index (χ3v) is 4.64. The third-order valence-electron chi connectivity index (χ3n) is 4.64. The summed E-state index contributed by atoms with van der Waals surface area (Å²) in [6, 6.07) is 7.76. The minimum absolute atomic E-state index is 0.0198. The number of carbonyl (C=O) groups is 1. The van der Waals surface area contributed by atoms with Gasteiger partial charge in [-0.25, -0.2) is 18.6 Å². The molecule has 0 aliphatic rings. The second kappa shape index (κ2) is 9.70. The summed E-state index contributed by atoms with van der Waals surface area (Å²) in [4.78, 5) is 35.5. The summed E-state index contributed by atoms with van der Waals surface area (Å²) in [6.45, 7) is -1.46. The molecule has 2 aromatic heterocycles. The molecule has 0 unspecified atom stereocenters. The first-order valence-corrected chi connectivity index (χ1v) is 9.76. The van der Waals surface area contributed by atoms with Gasteiger partial charge in [0.2, 0.25) is 5.95 Å². The Morgan fingerprint density at radius 3 is 2.54 bits per heavy atom. The van der Waals surface area contributed by atoms with Crippen LogP contribution >= 0.6 is 0 Å². The number of alkyl halides is 4. The minimum Gasteiger partial charge on any atom is -0.434 e. The number of nitrogens with zero attached hydrogens (tertiary/aromatic N) is 3. The van der Waals surface area contributed by atoms with Crippen molar-refractivity contribution in [2.75, 3.05) is 10.6 Å². The fraction of sp³-hybridized carbons (Fsp3) is 0.143. The Balaban J connectivity index is 1.60. The number of rotatable bonds is 9. The van der Waals surface area contributed by atoms with E-state index in [1.807, 2.05) is 0 Å². The quantitative estimate of drug-likeness (QED) is 0.260. The van der Waals surface area contributed by atoms with Crippen molar-refractivity contribution in [3.8, 4) is 5.75 Å². The van der Waals surface area contributed by atoms with Crippen LogP contribution in [0.4, 0.5) is 40.7 Å². The monoisotopic (exact) mass is 493 g/mol. The highest BCUT2D eigenvalue weighted by molar-refractivity contribution is 5.79. The summed E-state index contributed by atoms with van der Waals surface area (Å²) < 4.78 is 61.3. The second-order valence-corrected chi connectivity index (χ2v) is 6.95. The summed E-state index contributed by atoms with van der Waals surface area (Å²) in [5.41, 5.74) is 0.812. The number of benzene rings is 2. The van der Waals surface area contributed by atoms with Gasteiger partial charge in [0.25, 0.3) is 6.43 Å². The first-order chi connectivity index (χ1) is 16.7. The average molecular weight is 493 g/mol. The van der Waals surface area contributed by atoms with Gasteiger partial charge >= 0.3 is 18.8 Å². The fourth-order valence-corrected chi connectivity index (χ4v) is 3.11. The Morgan fingerprint density at radius 2 is 1.83 bits per heavy atom. The molecule has 2 aromatic carbocycles. The highest BCUT2D eigenvalue weighted by atomic mass is 19.3. The van der Waals surface area contributed by atoms with Crippen molar-refractivity contribution in [1.82, 2.24) is 14.7 Å². The zero-order valence-electron chi connectivity index (χ0n) is 17.7. The molecular weight excluding hydrogens is 478 g/mol. The number of hydrogen-bond acceptors (Lipinski definition) is 9. The average Bonchev–Trinajstić information content (AvgIpc) is 3.11. The van der Waals surface area contributed by atoms with Crippen molar-refractivity contribution in [2.24, 2.45) is 0 Å². The van der Waals surface area contributed by atoms with E-state index in [0.717, 1.165) is 12.1 Å². The molecule has 0 amide bonds. The SMILES string of the molecule is Cc1cnc(Nc2ccc(OC(F)F)c(C(F)F)c2)nc1Nc1ccc2oc(=O)n(OC=O)c2c1. The Hall–Kier alpha value is -4.62. The normalized spacial score (nSPS) is 11.2. The number of aromatic nitrogens is 3. The smallest absolute Gasteiger partial charge is 0.434 e. The van der Waals surface area contributed by atoms with Gasteiger partial charge in [0.15, 0.2) is 5.58 Å². The third kappa shape index (κ3) is 5.15. The van der Waals surface area contributed by atoms with E-state index in [4.69, 9.17) is 4.42 Å². The molecule has 0 bridgehead atoms. The van der Waals surface area contributed by atoms with Gasteiger partial charge in [-0.05, 0) is 43.3 Å². The highest BCUT2D eigenvalue weighted by Crippen LogP contribution is 2.33. The molecule has 0 fully saturated rings. The molecule has 0 saturated heterocycles. The van der Waals surface area contributed by atoms with Crippen LogP contribution in [-0.2, 0) is 4.79 Å². The van der Waals surface area contributed by atoms with Crippen LogP contribution in [0.3, 0.4) is 0 Å². The van der Waals surface area contributed by atoms with Gasteiger partial charge in [0.05, 0.1) is 5.56 Å². The van der Waals surface area contributed by atoms with Crippen LogP contribution in [0.25, 0.3) is 11.1 Å². The standard InChI is InChI=1S/C21H15F4N5O5/c1-10-8-26-20(28-11-2-4-15(34-19(24)25)13(6-11)17(22)23)29-18(10)27-12-3-5-16-14(7-12)30(33-9-31)21(32)35-16/h2-9,17,19H,1H3,(H2,26,27,28,29). The van der Waals surface area contributed by atoms with E-state index in [1.54, 1.807) is 13.0 Å². The fourth-order valence-electron chi connectivity index (χ4n) is 3.11. The van der Waals surface area contributed by atoms with E-state index in [0.29, 0.717) is 21.8 Å². The molecule has 4 aromatic rings. The molecule has 0 atom stereocenters. The number of halogens is 4. The van der Waals surface area contributed by atoms with Crippen molar-refractivity contribution in [3.63, 3.8) is 0 Å². The summed E-state index contributed by atoms with van der Waals surface area (Å²) in [5.74, 6) is -1.18. The summed E-state index contributed by atoms with van der Waals surface area (Å²) in [7, 11) is 0. The number of hydrogen-bond donors (Lipinski definition) is 2. The zero-order chi connectivity index (χ0) is 25.1. The van der Waals surface area contributed by atoms with Gasteiger partial charge < -0.3 is 24.6 Å². The van der Waals surface area contributed by atoms with Crippen LogP contribution in [0.2, 0.25) is 0 Å². The van der Waals surface area contributed by atoms with E-state index in [2.05, 4.69) is 30.2 Å². The van der Waals surface area contributed by atoms with E-state index in [-0.39, 0.29) is 29.2 Å². The zero-order valence-corrected chi connectivity index (χ0v) is 17.7. The second-order valence-electron chi connectivity index (χ2n) is 6.95. The van der Waals surface area contributed by atoms with Crippen LogP contribution in [0, 0.1) is 6.92 Å². The molecule has 0 radical (unpaired) electrons. The molecule has 182 valence electrons. The molecule has 35 heavy (non-hydrogen) atoms. The number of oxazole rings is 1. The molecule has 4 rings (SSSR count). The van der Waals surface area contributed by atoms with Gasteiger partial charge in [0, 0.05) is 23.1 Å². The predicted molar refractivity (Wildman–Crippen MR) is 114 cm³/mol. The Kier molecular flexibility index (Phi) is 6.53. The lowest BCUT2D eigenvalue weighted by molar-refractivity contribution is -0.129. The predicted octanol–water partition coefficient (Wildman–Crippen LogP) is 4.30. The molecule has 0 aliphatic carbocycles. The summed E-state index contributed by atoms with van der Waals surface area (Å²) in [6.07, 6.45) is -1.60. The van der Waals surface area contributed by atoms with Crippen molar-refractivity contribution in [3.05, 3.63) is 64.3 Å². The molecule has 2 N–H and O–H groups in total. The van der Waals surface area contributed by atoms with E-state index < -0.39 is 30.1 Å². The molecule has 2 heterocycles. The van der Waals surface area contributed by atoms with Crippen LogP contribution in [0.15, 0.2) is 51.8 Å². The Bertz CT molecular complexity index is 1440. The lowest BCUT2D eigenvalue weighted by Crippen LogP contribution is -2.21. The van der Waals surface area contributed by atoms with Gasteiger partial charge in [-0.3, -0.25) is 4.79 Å². The van der Waals surface area contributed by atoms with Gasteiger partial charge in [-0.15, -0.1) is 0 Å². The van der Waals surface area contributed by atoms with Crippen LogP contribution in [0.5, 0.6) is 5.75 Å². The lowest BCUT2D eigenvalue weighted by atomic mass is 10.2. The topological polar surface area (TPSA) is 121 Å². The number of carbonyl (C=O) groups excluding carboxylic acids is 1. The molecule has 0 aliphatic heterocycles. The van der Waals surface area contributed by atoms with Crippen molar-refractivity contribution in [1.29, 1.82) is 0 Å². The summed E-state index contributed by atoms with van der Waals surface area (Å²) >= 11 is 0. The number of aryl methyl sites for hydroxylation is 1. The van der Waals surface area contributed by atoms with Gasteiger partial charge in [-0.2, -0.15) is 13.8 Å². The Labute approximate surface area is 193 Å². The highest BCUT2D eigenvalue weighted by Gasteiger charge is 2.18. The van der Waals surface area contributed by atoms with Crippen LogP contribution < -0.4 is 26.0 Å². The molecule has 14 heteroatoms. The molecule has 10 nitrogen and oxygen atoms in total. The van der Waals surface area contributed by atoms with E-state index in [9.17, 15) is 27.2 Å². The van der Waals surface area contributed by atoms with Crippen molar-refractivity contribution in [2.45, 2.75) is 20.0 Å². The Morgan fingerprint density at radius 1 is 1.09 bits per heavy atom.